The number of anilines is 1. The molecule has 0 radical (unpaired) electrons. The number of rotatable bonds is 5. The van der Waals surface area contributed by atoms with Crippen molar-refractivity contribution in [3.8, 4) is 17.2 Å². The van der Waals surface area contributed by atoms with Crippen molar-refractivity contribution in [1.29, 1.82) is 0 Å². The van der Waals surface area contributed by atoms with Gasteiger partial charge in [-0.05, 0) is 52.3 Å². The molecular formula is C18H16BrN3O3. The molecule has 1 amide bonds. The van der Waals surface area contributed by atoms with Gasteiger partial charge in [-0.3, -0.25) is 4.79 Å². The van der Waals surface area contributed by atoms with Crippen molar-refractivity contribution in [2.24, 2.45) is 0 Å². The van der Waals surface area contributed by atoms with E-state index in [9.17, 15) is 4.79 Å². The molecule has 3 rings (SSSR count). The first-order chi connectivity index (χ1) is 12.1. The van der Waals surface area contributed by atoms with Crippen molar-refractivity contribution in [2.45, 2.75) is 0 Å². The van der Waals surface area contributed by atoms with Gasteiger partial charge >= 0.3 is 0 Å². The van der Waals surface area contributed by atoms with Crippen LogP contribution in [0.15, 0.2) is 59.3 Å². The summed E-state index contributed by atoms with van der Waals surface area (Å²) < 4.78 is 13.1. The Morgan fingerprint density at radius 3 is 2.48 bits per heavy atom. The Morgan fingerprint density at radius 1 is 1.12 bits per heavy atom. The van der Waals surface area contributed by atoms with Crippen molar-refractivity contribution in [1.82, 2.24) is 9.78 Å². The molecule has 0 aliphatic rings. The number of benzene rings is 2. The Bertz CT molecular complexity index is 891. The largest absolute Gasteiger partial charge is 0.497 e. The van der Waals surface area contributed by atoms with E-state index in [0.717, 1.165) is 10.2 Å². The third kappa shape index (κ3) is 3.83. The van der Waals surface area contributed by atoms with Crippen LogP contribution >= 0.6 is 15.9 Å². The Kier molecular flexibility index (Phi) is 5.04. The van der Waals surface area contributed by atoms with Gasteiger partial charge in [-0.25, -0.2) is 4.68 Å². The van der Waals surface area contributed by atoms with E-state index in [4.69, 9.17) is 9.47 Å². The Morgan fingerprint density at radius 2 is 1.88 bits per heavy atom. The van der Waals surface area contributed by atoms with Crippen LogP contribution in [0.3, 0.4) is 0 Å². The monoisotopic (exact) mass is 401 g/mol. The lowest BCUT2D eigenvalue weighted by molar-refractivity contribution is 0.102. The topological polar surface area (TPSA) is 65.4 Å². The van der Waals surface area contributed by atoms with Crippen LogP contribution in [-0.4, -0.2) is 29.9 Å². The van der Waals surface area contributed by atoms with Crippen molar-refractivity contribution in [3.05, 3.63) is 64.9 Å². The number of hydrogen-bond donors (Lipinski definition) is 1. The number of hydrogen-bond acceptors (Lipinski definition) is 4. The summed E-state index contributed by atoms with van der Waals surface area (Å²) in [5.74, 6) is 0.965. The molecule has 1 N–H and O–H groups in total. The van der Waals surface area contributed by atoms with Crippen LogP contribution in [0.4, 0.5) is 5.69 Å². The highest BCUT2D eigenvalue weighted by molar-refractivity contribution is 9.10. The van der Waals surface area contributed by atoms with E-state index < -0.39 is 0 Å². The molecule has 0 bridgehead atoms. The summed E-state index contributed by atoms with van der Waals surface area (Å²) in [6.07, 6.45) is 3.55. The molecule has 0 unspecified atom stereocenters. The van der Waals surface area contributed by atoms with E-state index in [-0.39, 0.29) is 5.91 Å². The predicted octanol–water partition coefficient (Wildman–Crippen LogP) is 3.90. The molecule has 0 fully saturated rings. The Labute approximate surface area is 153 Å². The maximum atomic E-state index is 12.5. The number of halogens is 1. The summed E-state index contributed by atoms with van der Waals surface area (Å²) in [5.41, 5.74) is 1.98. The lowest BCUT2D eigenvalue weighted by Gasteiger charge is -2.12. The molecule has 0 atom stereocenters. The van der Waals surface area contributed by atoms with Gasteiger partial charge in [0.15, 0.2) is 0 Å². The smallest absolute Gasteiger partial charge is 0.255 e. The zero-order chi connectivity index (χ0) is 17.8. The minimum absolute atomic E-state index is 0.225. The van der Waals surface area contributed by atoms with Crippen LogP contribution in [0.1, 0.15) is 10.4 Å². The van der Waals surface area contributed by atoms with Crippen molar-refractivity contribution < 1.29 is 14.3 Å². The Hall–Kier alpha value is -2.80. The number of nitrogens with zero attached hydrogens (tertiary/aromatic N) is 2. The van der Waals surface area contributed by atoms with Gasteiger partial charge < -0.3 is 14.8 Å². The fourth-order valence-corrected chi connectivity index (χ4v) is 2.59. The average Bonchev–Trinajstić information content (AvgIpc) is 3.08. The van der Waals surface area contributed by atoms with Crippen LogP contribution in [0.25, 0.3) is 5.69 Å². The Balaban J connectivity index is 1.77. The van der Waals surface area contributed by atoms with Crippen LogP contribution in [-0.2, 0) is 0 Å². The molecule has 0 saturated carbocycles. The van der Waals surface area contributed by atoms with E-state index >= 15 is 0 Å². The summed E-state index contributed by atoms with van der Waals surface area (Å²) in [5, 5.41) is 7.05. The fourth-order valence-electron chi connectivity index (χ4n) is 2.30. The van der Waals surface area contributed by atoms with Gasteiger partial charge in [-0.2, -0.15) is 5.10 Å². The zero-order valence-corrected chi connectivity index (χ0v) is 15.3. The highest BCUT2D eigenvalue weighted by atomic mass is 79.9. The van der Waals surface area contributed by atoms with E-state index in [1.807, 2.05) is 18.3 Å². The van der Waals surface area contributed by atoms with Gasteiger partial charge in [0.2, 0.25) is 0 Å². The van der Waals surface area contributed by atoms with Crippen LogP contribution in [0.2, 0.25) is 0 Å². The summed E-state index contributed by atoms with van der Waals surface area (Å²) in [7, 11) is 3.12. The lowest BCUT2D eigenvalue weighted by atomic mass is 10.2. The highest BCUT2D eigenvalue weighted by Crippen LogP contribution is 2.29. The van der Waals surface area contributed by atoms with Gasteiger partial charge in [0.1, 0.15) is 11.5 Å². The number of aromatic nitrogens is 2. The van der Waals surface area contributed by atoms with Crippen molar-refractivity contribution in [3.63, 3.8) is 0 Å². The number of ether oxygens (including phenoxy) is 2. The van der Waals surface area contributed by atoms with Gasteiger partial charge in [0.05, 0.1) is 36.3 Å². The van der Waals surface area contributed by atoms with Gasteiger partial charge in [0.25, 0.3) is 5.91 Å². The third-order valence-electron chi connectivity index (χ3n) is 3.60. The first-order valence-corrected chi connectivity index (χ1v) is 8.24. The lowest BCUT2D eigenvalue weighted by Crippen LogP contribution is -2.12. The number of nitrogens with one attached hydrogen (secondary N) is 1. The molecule has 3 aromatic rings. The first kappa shape index (κ1) is 17.0. The third-order valence-corrected chi connectivity index (χ3v) is 4.01. The summed E-state index contributed by atoms with van der Waals surface area (Å²) in [6.45, 7) is 0. The fraction of sp³-hybridized carbons (Fsp3) is 0.111. The maximum Gasteiger partial charge on any atom is 0.255 e. The normalized spacial score (nSPS) is 10.4. The molecule has 1 heterocycles. The van der Waals surface area contributed by atoms with E-state index in [1.54, 1.807) is 55.4 Å². The molecule has 128 valence electrons. The molecule has 25 heavy (non-hydrogen) atoms. The highest BCUT2D eigenvalue weighted by Gasteiger charge is 2.11. The zero-order valence-electron chi connectivity index (χ0n) is 13.7. The van der Waals surface area contributed by atoms with Crippen LogP contribution in [0, 0.1) is 0 Å². The number of carbonyl (C=O) groups is 1. The average molecular weight is 402 g/mol. The number of methoxy groups -OCH3 is 2. The van der Waals surface area contributed by atoms with Gasteiger partial charge in [-0.15, -0.1) is 0 Å². The maximum absolute atomic E-state index is 12.5. The molecule has 1 aromatic heterocycles. The van der Waals surface area contributed by atoms with Crippen molar-refractivity contribution >= 4 is 27.5 Å². The molecular weight excluding hydrogens is 386 g/mol. The second-order valence-corrected chi connectivity index (χ2v) is 6.09. The summed E-state index contributed by atoms with van der Waals surface area (Å²) in [6, 6.07) is 12.4. The quantitative estimate of drug-likeness (QED) is 0.703. The molecule has 7 heteroatoms. The summed E-state index contributed by atoms with van der Waals surface area (Å²) >= 11 is 3.36. The SMILES string of the molecule is COc1ccc(NC(=O)c2ccc(-n3cc(Br)cn3)cc2)c(OC)c1. The molecule has 0 saturated heterocycles. The second-order valence-electron chi connectivity index (χ2n) is 5.17. The van der Waals surface area contributed by atoms with E-state index in [1.165, 1.54) is 0 Å². The molecule has 6 nitrogen and oxygen atoms in total. The van der Waals surface area contributed by atoms with E-state index in [0.29, 0.717) is 22.7 Å². The van der Waals surface area contributed by atoms with Gasteiger partial charge in [0, 0.05) is 17.8 Å². The molecule has 0 spiro atoms. The summed E-state index contributed by atoms with van der Waals surface area (Å²) in [4.78, 5) is 12.5. The minimum Gasteiger partial charge on any atom is -0.497 e. The van der Waals surface area contributed by atoms with Gasteiger partial charge in [-0.1, -0.05) is 0 Å². The van der Waals surface area contributed by atoms with Crippen LogP contribution in [0.5, 0.6) is 11.5 Å². The second kappa shape index (κ2) is 7.40. The molecule has 0 aliphatic carbocycles. The van der Waals surface area contributed by atoms with Crippen molar-refractivity contribution in [2.75, 3.05) is 19.5 Å². The van der Waals surface area contributed by atoms with Crippen LogP contribution < -0.4 is 14.8 Å². The first-order valence-electron chi connectivity index (χ1n) is 7.44. The van der Waals surface area contributed by atoms with E-state index in [2.05, 4.69) is 26.3 Å². The molecule has 2 aromatic carbocycles. The predicted molar refractivity (Wildman–Crippen MR) is 98.8 cm³/mol. The number of carbonyl (C=O) groups excluding carboxylic acids is 1. The number of amides is 1. The minimum atomic E-state index is -0.225. The molecule has 0 aliphatic heterocycles. The standard InChI is InChI=1S/C18H16BrN3O3/c1-24-15-7-8-16(17(9-15)25-2)21-18(23)12-3-5-14(6-4-12)22-11-13(19)10-20-22/h3-11H,1-2H3,(H,21,23).